The molecule has 0 radical (unpaired) electrons. The van der Waals surface area contributed by atoms with Crippen LogP contribution in [0.5, 0.6) is 0 Å². The van der Waals surface area contributed by atoms with Crippen molar-refractivity contribution in [1.82, 2.24) is 9.97 Å². The highest BCUT2D eigenvalue weighted by Crippen LogP contribution is 2.39. The topological polar surface area (TPSA) is 107 Å². The van der Waals surface area contributed by atoms with Crippen LogP contribution in [0.15, 0.2) is 60.7 Å². The van der Waals surface area contributed by atoms with Crippen LogP contribution < -0.4 is 4.90 Å². The summed E-state index contributed by atoms with van der Waals surface area (Å²) in [6.07, 6.45) is 0.659. The van der Waals surface area contributed by atoms with E-state index in [-0.39, 0.29) is 12.2 Å². The molecule has 1 aliphatic rings. The third-order valence-corrected chi connectivity index (χ3v) is 6.04. The summed E-state index contributed by atoms with van der Waals surface area (Å²) in [4.78, 5) is 23.5. The van der Waals surface area contributed by atoms with Gasteiger partial charge < -0.3 is 20.2 Å². The number of fused-ring (bicyclic) bond motifs is 1. The maximum atomic E-state index is 12.2. The predicted octanol–water partition coefficient (Wildman–Crippen LogP) is 4.06. The quantitative estimate of drug-likeness (QED) is 0.447. The molecule has 2 aromatic carbocycles. The molecule has 33 heavy (non-hydrogen) atoms. The summed E-state index contributed by atoms with van der Waals surface area (Å²) in [5.74, 6) is -0.661. The molecule has 0 aliphatic carbocycles. The molecule has 2 heterocycles. The molecular weight excluding hydrogens is 418 g/mol. The van der Waals surface area contributed by atoms with Gasteiger partial charge in [-0.15, -0.1) is 0 Å². The SMILES string of the molecule is CCCCCC(C(=O)O)N1CC(O)C(O)c2nc(-c3ccccc3)c(-c3ccccc3)nc21. The van der Waals surface area contributed by atoms with Gasteiger partial charge in [0.2, 0.25) is 0 Å². The monoisotopic (exact) mass is 447 g/mol. The normalized spacial score (nSPS) is 18.6. The molecule has 3 atom stereocenters. The average Bonchev–Trinajstić information content (AvgIpc) is 2.84. The van der Waals surface area contributed by atoms with Crippen LogP contribution in [-0.4, -0.2) is 49.9 Å². The zero-order valence-electron chi connectivity index (χ0n) is 18.6. The molecule has 3 aromatic rings. The number of carbonyl (C=O) groups is 1. The second-order valence-electron chi connectivity index (χ2n) is 8.38. The fraction of sp³-hybridized carbons (Fsp3) is 0.346. The summed E-state index contributed by atoms with van der Waals surface area (Å²) < 4.78 is 0. The lowest BCUT2D eigenvalue weighted by Crippen LogP contribution is -2.50. The molecule has 0 bridgehead atoms. The summed E-state index contributed by atoms with van der Waals surface area (Å²) in [5, 5.41) is 31.4. The molecule has 3 unspecified atom stereocenters. The van der Waals surface area contributed by atoms with Gasteiger partial charge in [0.05, 0.1) is 11.4 Å². The number of hydrogen-bond acceptors (Lipinski definition) is 6. The van der Waals surface area contributed by atoms with Crippen LogP contribution in [0.2, 0.25) is 0 Å². The van der Waals surface area contributed by atoms with Crippen LogP contribution in [0, 0.1) is 0 Å². The Morgan fingerprint density at radius 3 is 2.09 bits per heavy atom. The highest BCUT2D eigenvalue weighted by molar-refractivity contribution is 5.82. The van der Waals surface area contributed by atoms with E-state index >= 15 is 0 Å². The molecule has 0 saturated carbocycles. The Hall–Kier alpha value is -3.29. The van der Waals surface area contributed by atoms with Crippen LogP contribution in [0.3, 0.4) is 0 Å². The molecule has 0 amide bonds. The van der Waals surface area contributed by atoms with E-state index < -0.39 is 24.2 Å². The molecule has 0 saturated heterocycles. The van der Waals surface area contributed by atoms with Crippen molar-refractivity contribution in [3.63, 3.8) is 0 Å². The van der Waals surface area contributed by atoms with Crippen molar-refractivity contribution in [3.8, 4) is 22.5 Å². The van der Waals surface area contributed by atoms with Gasteiger partial charge in [-0.1, -0.05) is 86.8 Å². The van der Waals surface area contributed by atoms with E-state index in [4.69, 9.17) is 9.97 Å². The van der Waals surface area contributed by atoms with Crippen LogP contribution in [0.4, 0.5) is 5.82 Å². The number of anilines is 1. The fourth-order valence-electron chi connectivity index (χ4n) is 4.29. The first-order valence-corrected chi connectivity index (χ1v) is 11.4. The lowest BCUT2D eigenvalue weighted by atomic mass is 9.98. The van der Waals surface area contributed by atoms with Gasteiger partial charge in [0.15, 0.2) is 5.82 Å². The van der Waals surface area contributed by atoms with Crippen molar-refractivity contribution >= 4 is 11.8 Å². The van der Waals surface area contributed by atoms with Gasteiger partial charge in [-0.3, -0.25) is 0 Å². The number of rotatable bonds is 8. The van der Waals surface area contributed by atoms with Crippen molar-refractivity contribution < 1.29 is 20.1 Å². The minimum atomic E-state index is -1.25. The lowest BCUT2D eigenvalue weighted by molar-refractivity contribution is -0.139. The maximum absolute atomic E-state index is 12.2. The van der Waals surface area contributed by atoms with Crippen molar-refractivity contribution in [2.24, 2.45) is 0 Å². The molecule has 7 nitrogen and oxygen atoms in total. The summed E-state index contributed by atoms with van der Waals surface area (Å²) >= 11 is 0. The minimum absolute atomic E-state index is 0.0230. The van der Waals surface area contributed by atoms with E-state index in [9.17, 15) is 20.1 Å². The van der Waals surface area contributed by atoms with E-state index in [1.807, 2.05) is 60.7 Å². The lowest BCUT2D eigenvalue weighted by Gasteiger charge is -2.39. The van der Waals surface area contributed by atoms with Gasteiger partial charge in [0, 0.05) is 17.7 Å². The van der Waals surface area contributed by atoms with E-state index in [0.717, 1.165) is 30.4 Å². The largest absolute Gasteiger partial charge is 0.480 e. The van der Waals surface area contributed by atoms with Crippen molar-refractivity contribution in [1.29, 1.82) is 0 Å². The van der Waals surface area contributed by atoms with E-state index in [1.165, 1.54) is 0 Å². The number of carboxylic acid groups (broad SMARTS) is 1. The molecule has 172 valence electrons. The summed E-state index contributed by atoms with van der Waals surface area (Å²) in [6, 6.07) is 18.3. The van der Waals surface area contributed by atoms with Crippen molar-refractivity contribution in [2.45, 2.75) is 50.9 Å². The smallest absolute Gasteiger partial charge is 0.326 e. The van der Waals surface area contributed by atoms with Crippen molar-refractivity contribution in [3.05, 3.63) is 66.4 Å². The number of aromatic nitrogens is 2. The fourth-order valence-corrected chi connectivity index (χ4v) is 4.29. The third kappa shape index (κ3) is 4.74. The highest BCUT2D eigenvalue weighted by Gasteiger charge is 2.39. The van der Waals surface area contributed by atoms with E-state index in [2.05, 4.69) is 6.92 Å². The van der Waals surface area contributed by atoms with Gasteiger partial charge in [0.1, 0.15) is 23.9 Å². The van der Waals surface area contributed by atoms with Gasteiger partial charge in [-0.2, -0.15) is 0 Å². The van der Waals surface area contributed by atoms with Crippen LogP contribution >= 0.6 is 0 Å². The van der Waals surface area contributed by atoms with Crippen LogP contribution in [0.25, 0.3) is 22.5 Å². The van der Waals surface area contributed by atoms with Gasteiger partial charge >= 0.3 is 5.97 Å². The molecule has 4 rings (SSSR count). The summed E-state index contributed by atoms with van der Waals surface area (Å²) in [7, 11) is 0. The average molecular weight is 448 g/mol. The Bertz CT molecular complexity index is 1090. The second-order valence-corrected chi connectivity index (χ2v) is 8.38. The number of aliphatic hydroxyl groups excluding tert-OH is 2. The molecule has 1 aliphatic heterocycles. The minimum Gasteiger partial charge on any atom is -0.480 e. The number of nitrogens with zero attached hydrogens (tertiary/aromatic N) is 3. The van der Waals surface area contributed by atoms with Gasteiger partial charge in [0.25, 0.3) is 0 Å². The summed E-state index contributed by atoms with van der Waals surface area (Å²) in [6.45, 7) is 2.04. The van der Waals surface area contributed by atoms with Crippen LogP contribution in [-0.2, 0) is 4.79 Å². The standard InChI is InChI=1S/C26H29N3O4/c1-2-3-6-15-19(26(32)33)29-16-20(30)24(31)23-25(29)28-22(18-13-9-5-10-14-18)21(27-23)17-11-7-4-8-12-17/h4-5,7-14,19-20,24,30-31H,2-3,6,15-16H2,1H3,(H,32,33). The highest BCUT2D eigenvalue weighted by atomic mass is 16.4. The first kappa shape index (κ1) is 22.9. The first-order valence-electron chi connectivity index (χ1n) is 11.4. The third-order valence-electron chi connectivity index (χ3n) is 6.04. The number of aliphatic hydroxyl groups is 2. The van der Waals surface area contributed by atoms with Crippen LogP contribution in [0.1, 0.15) is 44.4 Å². The number of carboxylic acids is 1. The Kier molecular flexibility index (Phi) is 7.01. The summed E-state index contributed by atoms with van der Waals surface area (Å²) in [5.41, 5.74) is 3.04. The molecule has 3 N–H and O–H groups in total. The molecule has 0 spiro atoms. The maximum Gasteiger partial charge on any atom is 0.326 e. The number of benzene rings is 2. The zero-order valence-corrected chi connectivity index (χ0v) is 18.6. The van der Waals surface area contributed by atoms with E-state index in [1.54, 1.807) is 4.90 Å². The van der Waals surface area contributed by atoms with Gasteiger partial charge in [-0.05, 0) is 6.42 Å². The van der Waals surface area contributed by atoms with E-state index in [0.29, 0.717) is 23.6 Å². The molecule has 7 heteroatoms. The Labute approximate surface area is 193 Å². The Morgan fingerprint density at radius 2 is 1.55 bits per heavy atom. The molecule has 0 fully saturated rings. The van der Waals surface area contributed by atoms with Crippen molar-refractivity contribution in [2.75, 3.05) is 11.4 Å². The van der Waals surface area contributed by atoms with Gasteiger partial charge in [-0.25, -0.2) is 14.8 Å². The number of aliphatic carboxylic acids is 1. The Morgan fingerprint density at radius 1 is 0.970 bits per heavy atom. The first-order chi connectivity index (χ1) is 16.0. The molecule has 1 aromatic heterocycles. The molecular formula is C26H29N3O4. The number of hydrogen-bond donors (Lipinski definition) is 3. The Balaban J connectivity index is 1.89. The predicted molar refractivity (Wildman–Crippen MR) is 127 cm³/mol. The zero-order chi connectivity index (χ0) is 23.4. The number of β-amino-alcohol motifs (C(OH)–C–C–N with tert-alkyl or cyclic N) is 1. The second kappa shape index (κ2) is 10.1. The number of unbranched alkanes of at least 4 members (excludes halogenated alkanes) is 2.